The Morgan fingerprint density at radius 2 is 1.76 bits per heavy atom. The Balaban J connectivity index is 1.43. The Bertz CT molecular complexity index is 1430. The number of ether oxygens (including phenoxy) is 1. The largest absolute Gasteiger partial charge is 0.379 e. The molecule has 196 valence electrons. The van der Waals surface area contributed by atoms with E-state index in [2.05, 4.69) is 0 Å². The number of benzene rings is 2. The molecule has 1 amide bonds. The highest BCUT2D eigenvalue weighted by Crippen LogP contribution is 2.25. The van der Waals surface area contributed by atoms with Crippen molar-refractivity contribution in [2.24, 2.45) is 4.99 Å². The van der Waals surface area contributed by atoms with Crippen LogP contribution in [0.25, 0.3) is 11.3 Å². The van der Waals surface area contributed by atoms with Crippen molar-refractivity contribution in [2.75, 3.05) is 39.4 Å². The van der Waals surface area contributed by atoms with Crippen LogP contribution in [0.1, 0.15) is 19.3 Å². The van der Waals surface area contributed by atoms with Crippen LogP contribution >= 0.6 is 11.3 Å². The van der Waals surface area contributed by atoms with E-state index >= 15 is 0 Å². The summed E-state index contributed by atoms with van der Waals surface area (Å²) in [6.07, 6.45) is 2.21. The fourth-order valence-corrected chi connectivity index (χ4v) is 6.97. The van der Waals surface area contributed by atoms with Crippen molar-refractivity contribution < 1.29 is 22.3 Å². The third-order valence-electron chi connectivity index (χ3n) is 6.60. The van der Waals surface area contributed by atoms with Crippen LogP contribution in [-0.2, 0) is 26.1 Å². The first kappa shape index (κ1) is 25.8. The first-order valence-corrected chi connectivity index (χ1v) is 14.7. The molecular formula is C26H29FN4O4S2. The predicted octanol–water partition coefficient (Wildman–Crippen LogP) is 3.62. The molecule has 2 aromatic carbocycles. The van der Waals surface area contributed by atoms with E-state index in [-0.39, 0.29) is 16.6 Å². The molecule has 37 heavy (non-hydrogen) atoms. The van der Waals surface area contributed by atoms with Gasteiger partial charge in [-0.25, -0.2) is 17.8 Å². The van der Waals surface area contributed by atoms with Crippen molar-refractivity contribution >= 4 is 33.0 Å². The van der Waals surface area contributed by atoms with Gasteiger partial charge in [-0.05, 0) is 49.2 Å². The summed E-state index contributed by atoms with van der Waals surface area (Å²) in [7, 11) is -3.59. The number of likely N-dealkylation sites (tertiary alicyclic amines) is 1. The van der Waals surface area contributed by atoms with Crippen LogP contribution in [0, 0.1) is 5.82 Å². The topological polar surface area (TPSA) is 84.2 Å². The number of rotatable bonds is 8. The minimum Gasteiger partial charge on any atom is -0.379 e. The highest BCUT2D eigenvalue weighted by molar-refractivity contribution is 7.89. The first-order valence-electron chi connectivity index (χ1n) is 12.4. The van der Waals surface area contributed by atoms with Gasteiger partial charge in [-0.1, -0.05) is 12.1 Å². The molecule has 0 spiro atoms. The van der Waals surface area contributed by atoms with Crippen LogP contribution < -0.4 is 4.80 Å². The zero-order valence-corrected chi connectivity index (χ0v) is 22.0. The Labute approximate surface area is 219 Å². The van der Waals surface area contributed by atoms with E-state index in [1.807, 2.05) is 14.8 Å². The number of morpholine rings is 1. The molecule has 2 aliphatic rings. The summed E-state index contributed by atoms with van der Waals surface area (Å²) in [4.78, 5) is 19.5. The molecule has 5 rings (SSSR count). The Hall–Kier alpha value is -2.86. The van der Waals surface area contributed by atoms with Crippen molar-refractivity contribution in [3.63, 3.8) is 0 Å². The molecule has 0 unspecified atom stereocenters. The minimum atomic E-state index is -3.59. The van der Waals surface area contributed by atoms with Crippen LogP contribution in [0.5, 0.6) is 0 Å². The number of hydrogen-bond acceptors (Lipinski definition) is 6. The summed E-state index contributed by atoms with van der Waals surface area (Å²) >= 11 is 1.40. The van der Waals surface area contributed by atoms with Gasteiger partial charge >= 0.3 is 0 Å². The van der Waals surface area contributed by atoms with E-state index in [0.29, 0.717) is 68.3 Å². The molecule has 3 heterocycles. The fraction of sp³-hybridized carbons (Fsp3) is 0.385. The van der Waals surface area contributed by atoms with Crippen LogP contribution in [0.2, 0.25) is 0 Å². The Morgan fingerprint density at radius 1 is 1.00 bits per heavy atom. The molecule has 0 bridgehead atoms. The van der Waals surface area contributed by atoms with E-state index in [1.165, 1.54) is 21.7 Å². The third-order valence-corrected chi connectivity index (χ3v) is 9.37. The summed E-state index contributed by atoms with van der Waals surface area (Å²) in [6, 6.07) is 13.1. The standard InChI is InChI=1S/C26H29FN4O4S2/c27-23-6-2-1-5-22(23)24-19-36-26(31(24)14-4-13-29-12-3-7-25(29)32)28-20-8-10-21(11-9-20)37(33,34)30-15-17-35-18-16-30/h1-2,5-6,8-11,19H,3-4,7,12-18H2. The van der Waals surface area contributed by atoms with Gasteiger partial charge in [-0.2, -0.15) is 4.31 Å². The predicted molar refractivity (Wildman–Crippen MR) is 139 cm³/mol. The number of hydrogen-bond donors (Lipinski definition) is 0. The van der Waals surface area contributed by atoms with Gasteiger partial charge < -0.3 is 14.2 Å². The van der Waals surface area contributed by atoms with Crippen molar-refractivity contribution in [1.29, 1.82) is 0 Å². The second kappa shape index (κ2) is 11.3. The Kier molecular flexibility index (Phi) is 7.84. The summed E-state index contributed by atoms with van der Waals surface area (Å²) in [5.41, 5.74) is 1.82. The maximum Gasteiger partial charge on any atom is 0.243 e. The monoisotopic (exact) mass is 544 g/mol. The molecule has 0 aliphatic carbocycles. The van der Waals surface area contributed by atoms with Crippen LogP contribution in [-0.4, -0.2) is 67.5 Å². The molecule has 2 aliphatic heterocycles. The van der Waals surface area contributed by atoms with Crippen molar-refractivity contribution in [2.45, 2.75) is 30.7 Å². The molecule has 0 saturated carbocycles. The van der Waals surface area contributed by atoms with Crippen molar-refractivity contribution in [3.05, 3.63) is 64.5 Å². The van der Waals surface area contributed by atoms with Crippen LogP contribution in [0.3, 0.4) is 0 Å². The lowest BCUT2D eigenvalue weighted by atomic mass is 10.1. The van der Waals surface area contributed by atoms with Gasteiger partial charge in [-0.3, -0.25) is 4.79 Å². The summed E-state index contributed by atoms with van der Waals surface area (Å²) in [6.45, 7) is 3.45. The highest BCUT2D eigenvalue weighted by Gasteiger charge is 2.26. The average Bonchev–Trinajstić information content (AvgIpc) is 3.51. The summed E-state index contributed by atoms with van der Waals surface area (Å²) < 4.78 is 49.2. The average molecular weight is 545 g/mol. The number of halogens is 1. The number of sulfonamides is 1. The van der Waals surface area contributed by atoms with Gasteiger partial charge in [0.25, 0.3) is 0 Å². The van der Waals surface area contributed by atoms with Gasteiger partial charge in [0.2, 0.25) is 15.9 Å². The summed E-state index contributed by atoms with van der Waals surface area (Å²) in [5, 5.41) is 1.88. The minimum absolute atomic E-state index is 0.182. The van der Waals surface area contributed by atoms with E-state index < -0.39 is 10.0 Å². The van der Waals surface area contributed by atoms with Crippen LogP contribution in [0.4, 0.5) is 10.1 Å². The van der Waals surface area contributed by atoms with Gasteiger partial charge in [0, 0.05) is 50.1 Å². The molecule has 11 heteroatoms. The third kappa shape index (κ3) is 5.69. The SMILES string of the molecule is O=C1CCCN1CCCn1c(-c2ccccc2F)csc1=Nc1ccc(S(=O)(=O)N2CCOCC2)cc1. The fourth-order valence-electron chi connectivity index (χ4n) is 4.62. The van der Waals surface area contributed by atoms with Gasteiger partial charge in [0.1, 0.15) is 5.82 Å². The van der Waals surface area contributed by atoms with Gasteiger partial charge in [-0.15, -0.1) is 11.3 Å². The van der Waals surface area contributed by atoms with E-state index in [0.717, 1.165) is 18.7 Å². The molecule has 2 saturated heterocycles. The zero-order chi connectivity index (χ0) is 25.8. The molecule has 3 aromatic rings. The smallest absolute Gasteiger partial charge is 0.243 e. The van der Waals surface area contributed by atoms with E-state index in [1.54, 1.807) is 42.5 Å². The molecule has 1 aromatic heterocycles. The lowest BCUT2D eigenvalue weighted by molar-refractivity contribution is -0.127. The molecule has 0 atom stereocenters. The van der Waals surface area contributed by atoms with Crippen molar-refractivity contribution in [1.82, 2.24) is 13.8 Å². The quantitative estimate of drug-likeness (QED) is 0.434. The summed E-state index contributed by atoms with van der Waals surface area (Å²) in [5.74, 6) is -0.130. The Morgan fingerprint density at radius 3 is 2.46 bits per heavy atom. The van der Waals surface area contributed by atoms with E-state index in [4.69, 9.17) is 9.73 Å². The number of carbonyl (C=O) groups excluding carboxylic acids is 1. The molecule has 0 radical (unpaired) electrons. The van der Waals surface area contributed by atoms with Gasteiger partial charge in [0.15, 0.2) is 4.80 Å². The number of aromatic nitrogens is 1. The molecular weight excluding hydrogens is 515 g/mol. The molecule has 0 N–H and O–H groups in total. The number of amides is 1. The van der Waals surface area contributed by atoms with Crippen molar-refractivity contribution in [3.8, 4) is 11.3 Å². The number of carbonyl (C=O) groups is 1. The molecule has 2 fully saturated rings. The first-order chi connectivity index (χ1) is 17.9. The number of nitrogens with zero attached hydrogens (tertiary/aromatic N) is 4. The zero-order valence-electron chi connectivity index (χ0n) is 20.4. The maximum atomic E-state index is 14.7. The molecule has 8 nitrogen and oxygen atoms in total. The second-order valence-corrected chi connectivity index (χ2v) is 11.8. The lowest BCUT2D eigenvalue weighted by Crippen LogP contribution is -2.40. The van der Waals surface area contributed by atoms with Gasteiger partial charge in [0.05, 0.1) is 29.5 Å². The van der Waals surface area contributed by atoms with Crippen LogP contribution in [0.15, 0.2) is 63.8 Å². The highest BCUT2D eigenvalue weighted by atomic mass is 32.2. The number of thiazole rings is 1. The maximum absolute atomic E-state index is 14.7. The second-order valence-electron chi connectivity index (χ2n) is 9.00. The lowest BCUT2D eigenvalue weighted by Gasteiger charge is -2.26. The normalized spacial score (nSPS) is 17.6. The van der Waals surface area contributed by atoms with E-state index in [9.17, 15) is 17.6 Å².